The summed E-state index contributed by atoms with van der Waals surface area (Å²) in [6, 6.07) is 8.04. The third kappa shape index (κ3) is 3.61. The van der Waals surface area contributed by atoms with Gasteiger partial charge >= 0.3 is 0 Å². The Morgan fingerprint density at radius 2 is 2.20 bits per heavy atom. The normalized spacial score (nSPS) is 23.9. The van der Waals surface area contributed by atoms with Gasteiger partial charge in [-0.05, 0) is 37.8 Å². The molecule has 0 aromatic heterocycles. The zero-order chi connectivity index (χ0) is 14.8. The second-order valence-electron chi connectivity index (χ2n) is 5.91. The largest absolute Gasteiger partial charge is 0.388 e. The highest BCUT2D eigenvalue weighted by molar-refractivity contribution is 9.10. The highest BCUT2D eigenvalue weighted by Crippen LogP contribution is 2.26. The molecule has 0 bridgehead atoms. The summed E-state index contributed by atoms with van der Waals surface area (Å²) >= 11 is 3.54. The SMILES string of the molecule is CC[C@H](Cc1ccccc1Br)C(=O)N1CC[C@](C)(O)C1. The Hall–Kier alpha value is -0.870. The maximum atomic E-state index is 12.6. The highest BCUT2D eigenvalue weighted by Gasteiger charge is 2.36. The number of amides is 1. The number of likely N-dealkylation sites (tertiary alicyclic amines) is 1. The number of nitrogens with zero attached hydrogens (tertiary/aromatic N) is 1. The van der Waals surface area contributed by atoms with Gasteiger partial charge in [-0.25, -0.2) is 0 Å². The molecule has 1 N–H and O–H groups in total. The van der Waals surface area contributed by atoms with Crippen molar-refractivity contribution in [3.8, 4) is 0 Å². The number of hydrogen-bond donors (Lipinski definition) is 1. The molecule has 1 aromatic carbocycles. The molecule has 1 aliphatic rings. The second kappa shape index (κ2) is 6.27. The van der Waals surface area contributed by atoms with E-state index in [4.69, 9.17) is 0 Å². The van der Waals surface area contributed by atoms with Gasteiger partial charge in [-0.3, -0.25) is 4.79 Å². The van der Waals surface area contributed by atoms with Crippen LogP contribution in [0.4, 0.5) is 0 Å². The van der Waals surface area contributed by atoms with Crippen molar-refractivity contribution in [2.75, 3.05) is 13.1 Å². The van der Waals surface area contributed by atoms with Crippen LogP contribution in [0.1, 0.15) is 32.3 Å². The molecule has 0 spiro atoms. The lowest BCUT2D eigenvalue weighted by Gasteiger charge is -2.24. The topological polar surface area (TPSA) is 40.5 Å². The third-order valence-corrected chi connectivity index (χ3v) is 4.80. The summed E-state index contributed by atoms with van der Waals surface area (Å²) in [6.45, 7) is 4.97. The van der Waals surface area contributed by atoms with Crippen molar-refractivity contribution in [2.45, 2.75) is 38.7 Å². The van der Waals surface area contributed by atoms with Gasteiger partial charge < -0.3 is 10.0 Å². The number of benzene rings is 1. The molecule has 0 aliphatic carbocycles. The Morgan fingerprint density at radius 3 is 2.75 bits per heavy atom. The predicted octanol–water partition coefficient (Wildman–Crippen LogP) is 3.00. The van der Waals surface area contributed by atoms with Gasteiger partial charge in [0.25, 0.3) is 0 Å². The van der Waals surface area contributed by atoms with Gasteiger partial charge in [-0.15, -0.1) is 0 Å². The first-order chi connectivity index (χ1) is 9.43. The minimum absolute atomic E-state index is 0.0115. The monoisotopic (exact) mass is 339 g/mol. The Morgan fingerprint density at radius 1 is 1.50 bits per heavy atom. The fourth-order valence-corrected chi connectivity index (χ4v) is 3.17. The van der Waals surface area contributed by atoms with Gasteiger partial charge in [-0.1, -0.05) is 41.1 Å². The zero-order valence-corrected chi connectivity index (χ0v) is 13.7. The molecule has 0 radical (unpaired) electrons. The summed E-state index contributed by atoms with van der Waals surface area (Å²) in [5.41, 5.74) is 0.444. The smallest absolute Gasteiger partial charge is 0.226 e. The van der Waals surface area contributed by atoms with E-state index < -0.39 is 5.60 Å². The number of halogens is 1. The lowest BCUT2D eigenvalue weighted by Crippen LogP contribution is -2.38. The first-order valence-electron chi connectivity index (χ1n) is 7.17. The molecule has 1 heterocycles. The average Bonchev–Trinajstić information content (AvgIpc) is 2.77. The number of carbonyl (C=O) groups is 1. The fraction of sp³-hybridized carbons (Fsp3) is 0.562. The second-order valence-corrected chi connectivity index (χ2v) is 6.76. The summed E-state index contributed by atoms with van der Waals surface area (Å²) in [5.74, 6) is 0.156. The highest BCUT2D eigenvalue weighted by atomic mass is 79.9. The van der Waals surface area contributed by atoms with E-state index >= 15 is 0 Å². The maximum Gasteiger partial charge on any atom is 0.226 e. The first kappa shape index (κ1) is 15.5. The first-order valence-corrected chi connectivity index (χ1v) is 7.97. The molecule has 1 aromatic rings. The van der Waals surface area contributed by atoms with Crippen LogP contribution in [0.2, 0.25) is 0 Å². The van der Waals surface area contributed by atoms with E-state index in [2.05, 4.69) is 22.0 Å². The zero-order valence-electron chi connectivity index (χ0n) is 12.1. The minimum Gasteiger partial charge on any atom is -0.388 e. The molecule has 1 amide bonds. The van der Waals surface area contributed by atoms with E-state index in [9.17, 15) is 9.90 Å². The van der Waals surface area contributed by atoms with E-state index in [-0.39, 0.29) is 11.8 Å². The van der Waals surface area contributed by atoms with Gasteiger partial charge in [0.1, 0.15) is 0 Å². The molecular formula is C16H22BrNO2. The van der Waals surface area contributed by atoms with Crippen LogP contribution in [0, 0.1) is 5.92 Å². The molecule has 1 aliphatic heterocycles. The Kier molecular flexibility index (Phi) is 4.86. The van der Waals surface area contributed by atoms with Crippen LogP contribution in [0.3, 0.4) is 0 Å². The molecular weight excluding hydrogens is 318 g/mol. The number of rotatable bonds is 4. The molecule has 20 heavy (non-hydrogen) atoms. The Balaban J connectivity index is 2.05. The molecule has 110 valence electrons. The van der Waals surface area contributed by atoms with Crippen molar-refractivity contribution < 1.29 is 9.90 Å². The van der Waals surface area contributed by atoms with E-state index in [1.165, 1.54) is 5.56 Å². The van der Waals surface area contributed by atoms with Gasteiger partial charge in [-0.2, -0.15) is 0 Å². The molecule has 3 nitrogen and oxygen atoms in total. The van der Waals surface area contributed by atoms with E-state index in [1.54, 1.807) is 6.92 Å². The maximum absolute atomic E-state index is 12.6. The van der Waals surface area contributed by atoms with Crippen molar-refractivity contribution in [3.63, 3.8) is 0 Å². The minimum atomic E-state index is -0.721. The molecule has 4 heteroatoms. The van der Waals surface area contributed by atoms with Crippen LogP contribution >= 0.6 is 15.9 Å². The van der Waals surface area contributed by atoms with Crippen LogP contribution < -0.4 is 0 Å². The summed E-state index contributed by atoms with van der Waals surface area (Å²) in [6.07, 6.45) is 2.23. The standard InChI is InChI=1S/C16H22BrNO2/c1-3-12(10-13-6-4-5-7-14(13)17)15(19)18-9-8-16(2,20)11-18/h4-7,12,20H,3,8-11H2,1-2H3/t12-,16+/m1/s1. The summed E-state index contributed by atoms with van der Waals surface area (Å²) in [5, 5.41) is 10.0. The summed E-state index contributed by atoms with van der Waals surface area (Å²) < 4.78 is 1.06. The summed E-state index contributed by atoms with van der Waals surface area (Å²) in [4.78, 5) is 14.4. The van der Waals surface area contributed by atoms with Crippen molar-refractivity contribution in [1.82, 2.24) is 4.90 Å². The molecule has 0 unspecified atom stereocenters. The van der Waals surface area contributed by atoms with Crippen LogP contribution in [-0.2, 0) is 11.2 Å². The van der Waals surface area contributed by atoms with Crippen molar-refractivity contribution in [2.24, 2.45) is 5.92 Å². The number of carbonyl (C=O) groups excluding carboxylic acids is 1. The van der Waals surface area contributed by atoms with Crippen LogP contribution in [0.25, 0.3) is 0 Å². The van der Waals surface area contributed by atoms with Crippen LogP contribution in [0.5, 0.6) is 0 Å². The van der Waals surface area contributed by atoms with Crippen LogP contribution in [-0.4, -0.2) is 34.6 Å². The van der Waals surface area contributed by atoms with Crippen molar-refractivity contribution >= 4 is 21.8 Å². The Labute approximate surface area is 129 Å². The van der Waals surface area contributed by atoms with Crippen molar-refractivity contribution in [1.29, 1.82) is 0 Å². The molecule has 2 atom stereocenters. The lowest BCUT2D eigenvalue weighted by molar-refractivity contribution is -0.135. The molecule has 1 fully saturated rings. The molecule has 2 rings (SSSR count). The third-order valence-electron chi connectivity index (χ3n) is 4.03. The Bertz CT molecular complexity index is 487. The quantitative estimate of drug-likeness (QED) is 0.915. The summed E-state index contributed by atoms with van der Waals surface area (Å²) in [7, 11) is 0. The van der Waals surface area contributed by atoms with E-state index in [1.807, 2.05) is 30.0 Å². The van der Waals surface area contributed by atoms with Crippen molar-refractivity contribution in [3.05, 3.63) is 34.3 Å². The number of β-amino-alcohol motifs (C(OH)–C–C–N with tert-alkyl or cyclic N) is 1. The molecule has 1 saturated heterocycles. The number of aliphatic hydroxyl groups is 1. The predicted molar refractivity (Wildman–Crippen MR) is 83.4 cm³/mol. The average molecular weight is 340 g/mol. The van der Waals surface area contributed by atoms with Gasteiger partial charge in [0.15, 0.2) is 0 Å². The van der Waals surface area contributed by atoms with Gasteiger partial charge in [0, 0.05) is 23.5 Å². The lowest BCUT2D eigenvalue weighted by atomic mass is 9.95. The van der Waals surface area contributed by atoms with Crippen LogP contribution in [0.15, 0.2) is 28.7 Å². The molecule has 0 saturated carbocycles. The van der Waals surface area contributed by atoms with E-state index in [0.717, 1.165) is 17.3 Å². The van der Waals surface area contributed by atoms with Gasteiger partial charge in [0.05, 0.1) is 5.60 Å². The van der Waals surface area contributed by atoms with Gasteiger partial charge in [0.2, 0.25) is 5.91 Å². The van der Waals surface area contributed by atoms with E-state index in [0.29, 0.717) is 19.5 Å². The number of hydrogen-bond acceptors (Lipinski definition) is 2. The fourth-order valence-electron chi connectivity index (χ4n) is 2.73.